The van der Waals surface area contributed by atoms with E-state index in [1.807, 2.05) is 18.2 Å². The molecule has 0 aliphatic carbocycles. The van der Waals surface area contributed by atoms with Crippen LogP contribution >= 0.6 is 0 Å². The van der Waals surface area contributed by atoms with E-state index in [4.69, 9.17) is 0 Å². The van der Waals surface area contributed by atoms with Crippen molar-refractivity contribution in [2.24, 2.45) is 0 Å². The van der Waals surface area contributed by atoms with Gasteiger partial charge in [-0.15, -0.1) is 0 Å². The summed E-state index contributed by atoms with van der Waals surface area (Å²) in [5.41, 5.74) is 0.662. The number of benzene rings is 1. The van der Waals surface area contributed by atoms with Crippen LogP contribution in [0.15, 0.2) is 36.5 Å². The molecule has 0 atom stereocenters. The van der Waals surface area contributed by atoms with Gasteiger partial charge in [-0.1, -0.05) is 18.2 Å². The van der Waals surface area contributed by atoms with Crippen LogP contribution in [0.4, 0.5) is 0 Å². The normalized spacial score (nSPS) is 9.33. The second kappa shape index (κ2) is 3.62. The summed E-state index contributed by atoms with van der Waals surface area (Å²) >= 11 is 0. The van der Waals surface area contributed by atoms with Crippen LogP contribution in [0.3, 0.4) is 0 Å². The van der Waals surface area contributed by atoms with Gasteiger partial charge in [0.1, 0.15) is 11.3 Å². The molecule has 2 rings (SSSR count). The maximum absolute atomic E-state index is 9.31. The third-order valence-electron chi connectivity index (χ3n) is 1.61. The summed E-state index contributed by atoms with van der Waals surface area (Å²) in [6.45, 7) is 0. The van der Waals surface area contributed by atoms with Crippen LogP contribution in [0.5, 0.6) is 5.75 Å². The quantitative estimate of drug-likeness (QED) is 0.581. The number of nitrogens with zero attached hydrogens (tertiary/aromatic N) is 1. The van der Waals surface area contributed by atoms with E-state index in [-0.39, 0.29) is 24.6 Å². The van der Waals surface area contributed by atoms with Crippen molar-refractivity contribution < 1.29 is 5.11 Å². The summed E-state index contributed by atoms with van der Waals surface area (Å²) in [6, 6.07) is 9.13. The monoisotopic (exact) mass is 152 g/mol. The number of pyridine rings is 1. The molecule has 0 aliphatic rings. The Morgan fingerprint density at radius 3 is 2.58 bits per heavy atom. The van der Waals surface area contributed by atoms with Gasteiger partial charge in [0.25, 0.3) is 0 Å². The first kappa shape index (κ1) is 9.12. The van der Waals surface area contributed by atoms with E-state index in [0.29, 0.717) is 5.52 Å². The van der Waals surface area contributed by atoms with E-state index in [2.05, 4.69) is 4.98 Å². The van der Waals surface area contributed by atoms with E-state index in [1.165, 1.54) is 0 Å². The van der Waals surface area contributed by atoms with Gasteiger partial charge in [0, 0.05) is 30.4 Å². The third kappa shape index (κ3) is 1.45. The van der Waals surface area contributed by atoms with Crippen molar-refractivity contribution in [2.75, 3.05) is 0 Å². The molecule has 0 saturated heterocycles. The number of hydrogen-bond donors (Lipinski definition) is 1. The third-order valence-corrected chi connectivity index (χ3v) is 1.61. The van der Waals surface area contributed by atoms with Gasteiger partial charge >= 0.3 is 0 Å². The first-order chi connectivity index (χ1) is 5.38. The molecule has 1 heterocycles. The number of para-hydroxylation sites is 1. The van der Waals surface area contributed by atoms with Crippen LogP contribution in [0.2, 0.25) is 0 Å². The number of fused-ring (bicyclic) bond motifs is 1. The molecule has 0 saturated carbocycles. The number of aromatic hydroxyl groups is 1. The number of phenolic OH excluding ortho intramolecular Hbond substituents is 1. The first-order valence-electron chi connectivity index (χ1n) is 3.40. The fraction of sp³-hybridized carbons (Fsp3) is 0. The van der Waals surface area contributed by atoms with Crippen molar-refractivity contribution in [3.8, 4) is 5.75 Å². The number of rotatable bonds is 0. The molecule has 0 spiro atoms. The van der Waals surface area contributed by atoms with Gasteiger partial charge in [0.2, 0.25) is 0 Å². The van der Waals surface area contributed by atoms with Crippen molar-refractivity contribution in [3.63, 3.8) is 0 Å². The fourth-order valence-corrected chi connectivity index (χ4v) is 1.09. The second-order valence-corrected chi connectivity index (χ2v) is 2.35. The standard InChI is InChI=1S/C9H7NO.Li/c11-8-5-1-3-7-4-2-6-10-9(7)8;/h1-6,11H;. The Balaban J connectivity index is 0.000000720. The van der Waals surface area contributed by atoms with E-state index in [1.54, 1.807) is 18.3 Å². The van der Waals surface area contributed by atoms with Gasteiger partial charge in [-0.05, 0) is 12.1 Å². The molecule has 0 fully saturated rings. The van der Waals surface area contributed by atoms with E-state index in [0.717, 1.165) is 5.39 Å². The second-order valence-electron chi connectivity index (χ2n) is 2.35. The zero-order valence-electron chi connectivity index (χ0n) is 6.86. The molecule has 2 nitrogen and oxygen atoms in total. The van der Waals surface area contributed by atoms with Crippen LogP contribution in [0, 0.1) is 0 Å². The molecule has 2 aromatic rings. The first-order valence-corrected chi connectivity index (χ1v) is 3.40. The van der Waals surface area contributed by atoms with Crippen LogP contribution in [0.1, 0.15) is 0 Å². The summed E-state index contributed by atoms with van der Waals surface area (Å²) in [4.78, 5) is 4.03. The zero-order valence-corrected chi connectivity index (χ0v) is 6.86. The van der Waals surface area contributed by atoms with Gasteiger partial charge in [-0.3, -0.25) is 4.98 Å². The van der Waals surface area contributed by atoms with Crippen molar-refractivity contribution in [2.45, 2.75) is 0 Å². The average Bonchev–Trinajstić information content (AvgIpc) is 2.06. The SMILES string of the molecule is Oc1cccc2cccnc12.[Li]. The minimum absolute atomic E-state index is 0. The van der Waals surface area contributed by atoms with E-state index >= 15 is 0 Å². The predicted octanol–water partition coefficient (Wildman–Crippen LogP) is 1.56. The fourth-order valence-electron chi connectivity index (χ4n) is 1.09. The predicted molar refractivity (Wildman–Crippen MR) is 49.2 cm³/mol. The zero-order chi connectivity index (χ0) is 7.68. The van der Waals surface area contributed by atoms with Crippen LogP contribution in [-0.2, 0) is 0 Å². The molecule has 0 aliphatic heterocycles. The molecule has 55 valence electrons. The van der Waals surface area contributed by atoms with Crippen LogP contribution < -0.4 is 0 Å². The van der Waals surface area contributed by atoms with Gasteiger partial charge in [-0.25, -0.2) is 0 Å². The Labute approximate surface area is 82.4 Å². The van der Waals surface area contributed by atoms with Crippen molar-refractivity contribution in [1.82, 2.24) is 4.98 Å². The van der Waals surface area contributed by atoms with Crippen molar-refractivity contribution >= 4 is 29.8 Å². The molecule has 1 N–H and O–H groups in total. The summed E-state index contributed by atoms with van der Waals surface area (Å²) in [5, 5.41) is 10.3. The Bertz CT molecular complexity index is 384. The van der Waals surface area contributed by atoms with Crippen LogP contribution in [-0.4, -0.2) is 29.0 Å². The Hall–Kier alpha value is -0.973. The topological polar surface area (TPSA) is 33.1 Å². The number of phenols is 1. The van der Waals surface area contributed by atoms with Gasteiger partial charge in [-0.2, -0.15) is 0 Å². The van der Waals surface area contributed by atoms with E-state index < -0.39 is 0 Å². The molecular formula is C9H7LiNO. The van der Waals surface area contributed by atoms with Gasteiger partial charge in [0.15, 0.2) is 0 Å². The molecule has 12 heavy (non-hydrogen) atoms. The number of aromatic nitrogens is 1. The summed E-state index contributed by atoms with van der Waals surface area (Å²) < 4.78 is 0. The average molecular weight is 152 g/mol. The maximum Gasteiger partial charge on any atom is 0.141 e. The molecule has 0 bridgehead atoms. The molecule has 1 aromatic carbocycles. The summed E-state index contributed by atoms with van der Waals surface area (Å²) in [5.74, 6) is 0.239. The number of hydrogen-bond acceptors (Lipinski definition) is 2. The van der Waals surface area contributed by atoms with E-state index in [9.17, 15) is 5.11 Å². The molecule has 1 aromatic heterocycles. The Kier molecular flexibility index (Phi) is 2.75. The molecule has 1 radical (unpaired) electrons. The Morgan fingerprint density at radius 1 is 1.08 bits per heavy atom. The smallest absolute Gasteiger partial charge is 0.141 e. The maximum atomic E-state index is 9.31. The Morgan fingerprint density at radius 2 is 1.83 bits per heavy atom. The molecule has 0 amide bonds. The van der Waals surface area contributed by atoms with Crippen molar-refractivity contribution in [1.29, 1.82) is 0 Å². The largest absolute Gasteiger partial charge is 0.506 e. The molecular weight excluding hydrogens is 145 g/mol. The summed E-state index contributed by atoms with van der Waals surface area (Å²) in [7, 11) is 0. The minimum Gasteiger partial charge on any atom is -0.506 e. The molecule has 3 heteroatoms. The van der Waals surface area contributed by atoms with Crippen LogP contribution in [0.25, 0.3) is 10.9 Å². The van der Waals surface area contributed by atoms with Crippen molar-refractivity contribution in [3.05, 3.63) is 36.5 Å². The van der Waals surface area contributed by atoms with Gasteiger partial charge < -0.3 is 5.11 Å². The molecule has 0 unspecified atom stereocenters. The summed E-state index contributed by atoms with van der Waals surface area (Å²) in [6.07, 6.45) is 1.67. The minimum atomic E-state index is 0. The van der Waals surface area contributed by atoms with Gasteiger partial charge in [0.05, 0.1) is 0 Å².